The highest BCUT2D eigenvalue weighted by atomic mass is 16.4. The van der Waals surface area contributed by atoms with Gasteiger partial charge < -0.3 is 5.11 Å². The predicted octanol–water partition coefficient (Wildman–Crippen LogP) is 8.75. The molecule has 1 N–H and O–H groups in total. The molecule has 9 atom stereocenters. The third-order valence-corrected chi connectivity index (χ3v) is 11.8. The third kappa shape index (κ3) is 4.47. The maximum atomic E-state index is 11.7. The molecular formula is C31H52O2. The van der Waals surface area contributed by atoms with Crippen molar-refractivity contribution in [3.05, 3.63) is 11.6 Å². The van der Waals surface area contributed by atoms with Crippen LogP contribution in [0.4, 0.5) is 0 Å². The molecule has 4 fully saturated rings. The van der Waals surface area contributed by atoms with Gasteiger partial charge in [-0.3, -0.25) is 0 Å². The average molecular weight is 457 g/mol. The van der Waals surface area contributed by atoms with E-state index in [1.807, 2.05) is 6.92 Å². The van der Waals surface area contributed by atoms with Gasteiger partial charge in [0.2, 0.25) is 0 Å². The summed E-state index contributed by atoms with van der Waals surface area (Å²) in [5, 5.41) is 9.59. The normalized spacial score (nSPS) is 44.2. The number of rotatable bonds is 7. The van der Waals surface area contributed by atoms with Crippen molar-refractivity contribution in [2.75, 3.05) is 0 Å². The van der Waals surface area contributed by atoms with E-state index in [0.717, 1.165) is 41.4 Å². The Hall–Kier alpha value is -0.790. The van der Waals surface area contributed by atoms with Crippen LogP contribution < -0.4 is 0 Å². The molecule has 0 spiro atoms. The smallest absolute Gasteiger partial charge is 0.330 e. The van der Waals surface area contributed by atoms with Crippen molar-refractivity contribution in [3.63, 3.8) is 0 Å². The lowest BCUT2D eigenvalue weighted by molar-refractivity contribution is -0.134. The van der Waals surface area contributed by atoms with Gasteiger partial charge in [-0.05, 0) is 116 Å². The molecule has 0 aliphatic heterocycles. The van der Waals surface area contributed by atoms with Gasteiger partial charge in [-0.2, -0.15) is 0 Å². The summed E-state index contributed by atoms with van der Waals surface area (Å²) < 4.78 is 0. The first-order chi connectivity index (χ1) is 15.6. The molecule has 0 radical (unpaired) electrons. The monoisotopic (exact) mass is 456 g/mol. The molecule has 4 aliphatic carbocycles. The van der Waals surface area contributed by atoms with E-state index in [1.54, 1.807) is 0 Å². The van der Waals surface area contributed by atoms with Crippen LogP contribution in [0, 0.1) is 58.2 Å². The van der Waals surface area contributed by atoms with Crippen LogP contribution in [-0.2, 0) is 4.79 Å². The maximum absolute atomic E-state index is 11.7. The Morgan fingerprint density at radius 1 is 0.970 bits per heavy atom. The molecular weight excluding hydrogens is 404 g/mol. The summed E-state index contributed by atoms with van der Waals surface area (Å²) in [6.07, 6.45) is 18.7. The summed E-state index contributed by atoms with van der Waals surface area (Å²) in [5.41, 5.74) is 1.42. The minimum absolute atomic E-state index is 0.306. The van der Waals surface area contributed by atoms with Crippen molar-refractivity contribution in [1.82, 2.24) is 0 Å². The van der Waals surface area contributed by atoms with Gasteiger partial charge in [0.05, 0.1) is 0 Å². The van der Waals surface area contributed by atoms with E-state index < -0.39 is 5.97 Å². The maximum Gasteiger partial charge on any atom is 0.330 e. The zero-order valence-electron chi connectivity index (χ0n) is 22.5. The number of carbonyl (C=O) groups is 1. The SMILES string of the molecule is CC(=CC1CCCC2CC[C@@H]3[C@H](CC[C@]4(C)[C@@H]([C@H](C)CCCC(C)C)CC[C@@H]34)[C@@]12C)C(=O)O. The summed E-state index contributed by atoms with van der Waals surface area (Å²) in [4.78, 5) is 11.7. The third-order valence-electron chi connectivity index (χ3n) is 11.8. The zero-order valence-corrected chi connectivity index (χ0v) is 22.5. The van der Waals surface area contributed by atoms with Crippen molar-refractivity contribution in [2.24, 2.45) is 58.2 Å². The van der Waals surface area contributed by atoms with Crippen LogP contribution in [0.25, 0.3) is 0 Å². The summed E-state index contributed by atoms with van der Waals surface area (Å²) in [6, 6.07) is 0. The predicted molar refractivity (Wildman–Crippen MR) is 138 cm³/mol. The lowest BCUT2D eigenvalue weighted by Crippen LogP contribution is -2.55. The van der Waals surface area contributed by atoms with Gasteiger partial charge in [0, 0.05) is 5.57 Å². The fraction of sp³-hybridized carbons (Fsp3) is 0.903. The minimum Gasteiger partial charge on any atom is -0.478 e. The molecule has 0 heterocycles. The summed E-state index contributed by atoms with van der Waals surface area (Å²) in [6.45, 7) is 14.4. The average Bonchev–Trinajstić information content (AvgIpc) is 3.11. The van der Waals surface area contributed by atoms with Gasteiger partial charge >= 0.3 is 5.97 Å². The molecule has 0 aromatic rings. The standard InChI is InChI=1S/C31H52O2/c1-20(2)9-7-10-21(3)26-15-16-27-25-14-13-23-11-8-12-24(19-22(4)29(32)33)31(23,6)28(25)17-18-30(26,27)5/h19-21,23-28H,7-18H2,1-6H3,(H,32,33)/t21-,23?,24?,25+,26-,27+,28+,30-,31-/m1/s1. The first-order valence-corrected chi connectivity index (χ1v) is 14.5. The fourth-order valence-corrected chi connectivity index (χ4v) is 10.1. The van der Waals surface area contributed by atoms with E-state index in [4.69, 9.17) is 0 Å². The van der Waals surface area contributed by atoms with Crippen molar-refractivity contribution in [3.8, 4) is 0 Å². The molecule has 33 heavy (non-hydrogen) atoms. The van der Waals surface area contributed by atoms with Gasteiger partial charge in [-0.15, -0.1) is 0 Å². The number of hydrogen-bond acceptors (Lipinski definition) is 1. The number of carboxylic acid groups (broad SMARTS) is 1. The van der Waals surface area contributed by atoms with E-state index in [0.29, 0.717) is 22.3 Å². The molecule has 4 rings (SSSR count). The fourth-order valence-electron chi connectivity index (χ4n) is 10.1. The lowest BCUT2D eigenvalue weighted by atomic mass is 9.42. The van der Waals surface area contributed by atoms with Crippen molar-refractivity contribution < 1.29 is 9.90 Å². The molecule has 0 saturated heterocycles. The minimum atomic E-state index is -0.727. The molecule has 2 nitrogen and oxygen atoms in total. The van der Waals surface area contributed by atoms with Crippen LogP contribution in [0.2, 0.25) is 0 Å². The van der Waals surface area contributed by atoms with Crippen LogP contribution in [0.3, 0.4) is 0 Å². The van der Waals surface area contributed by atoms with Crippen molar-refractivity contribution >= 4 is 5.97 Å². The first-order valence-electron chi connectivity index (χ1n) is 14.5. The Morgan fingerprint density at radius 3 is 2.42 bits per heavy atom. The van der Waals surface area contributed by atoms with E-state index in [2.05, 4.69) is 40.7 Å². The number of allylic oxidation sites excluding steroid dienone is 1. The molecule has 0 amide bonds. The van der Waals surface area contributed by atoms with E-state index in [1.165, 1.54) is 77.0 Å². The van der Waals surface area contributed by atoms with E-state index in [-0.39, 0.29) is 0 Å². The molecule has 2 unspecified atom stereocenters. The van der Waals surface area contributed by atoms with Gasteiger partial charge in [-0.25, -0.2) is 4.79 Å². The largest absolute Gasteiger partial charge is 0.478 e. The van der Waals surface area contributed by atoms with Crippen LogP contribution in [0.5, 0.6) is 0 Å². The Balaban J connectivity index is 1.54. The first kappa shape index (κ1) is 25.3. The second kappa shape index (κ2) is 9.69. The topological polar surface area (TPSA) is 37.3 Å². The van der Waals surface area contributed by atoms with Gasteiger partial charge in [-0.1, -0.05) is 66.4 Å². The van der Waals surface area contributed by atoms with Crippen LogP contribution in [-0.4, -0.2) is 11.1 Å². The molecule has 4 saturated carbocycles. The van der Waals surface area contributed by atoms with Crippen LogP contribution >= 0.6 is 0 Å². The molecule has 0 aromatic heterocycles. The molecule has 4 aliphatic rings. The van der Waals surface area contributed by atoms with Crippen molar-refractivity contribution in [1.29, 1.82) is 0 Å². The molecule has 0 bridgehead atoms. The Bertz CT molecular complexity index is 737. The summed E-state index contributed by atoms with van der Waals surface area (Å²) >= 11 is 0. The second-order valence-electron chi connectivity index (χ2n) is 13.7. The van der Waals surface area contributed by atoms with Gasteiger partial charge in [0.25, 0.3) is 0 Å². The Kier molecular flexibility index (Phi) is 7.43. The Labute approximate surface area is 204 Å². The second-order valence-corrected chi connectivity index (χ2v) is 13.7. The number of aliphatic carboxylic acids is 1. The zero-order chi connectivity index (χ0) is 24.0. The number of fused-ring (bicyclic) bond motifs is 5. The molecule has 188 valence electrons. The molecule has 2 heteroatoms. The van der Waals surface area contributed by atoms with E-state index >= 15 is 0 Å². The highest BCUT2D eigenvalue weighted by molar-refractivity contribution is 5.85. The Morgan fingerprint density at radius 2 is 1.73 bits per heavy atom. The van der Waals surface area contributed by atoms with Gasteiger partial charge in [0.1, 0.15) is 0 Å². The van der Waals surface area contributed by atoms with E-state index in [9.17, 15) is 9.90 Å². The molecule has 0 aromatic carbocycles. The van der Waals surface area contributed by atoms with Crippen LogP contribution in [0.1, 0.15) is 119 Å². The summed E-state index contributed by atoms with van der Waals surface area (Å²) in [5.74, 6) is 5.71. The van der Waals surface area contributed by atoms with Gasteiger partial charge in [0.15, 0.2) is 0 Å². The lowest BCUT2D eigenvalue weighted by Gasteiger charge is -2.63. The summed E-state index contributed by atoms with van der Waals surface area (Å²) in [7, 11) is 0. The highest BCUT2D eigenvalue weighted by Crippen LogP contribution is 2.69. The quantitative estimate of drug-likeness (QED) is 0.389. The highest BCUT2D eigenvalue weighted by Gasteiger charge is 2.61. The number of hydrogen-bond donors (Lipinski definition) is 1. The number of carboxylic acids is 1. The van der Waals surface area contributed by atoms with Crippen molar-refractivity contribution in [2.45, 2.75) is 119 Å². The van der Waals surface area contributed by atoms with Crippen LogP contribution in [0.15, 0.2) is 11.6 Å².